The molecule has 1 aromatic heterocycles. The predicted octanol–water partition coefficient (Wildman–Crippen LogP) is 3.69. The standard InChI is InChI=1S/C20H18N4O6/c1-11-4-5-12(2)17(6-11)30-15-8-13(7-14(9-15)24(28)29)21-19(25)16-10-23(3)22-18(16)20(26)27/h4-10H,1-3H3,(H,21,25)(H,26,27). The van der Waals surface area contributed by atoms with Crippen molar-refractivity contribution in [2.24, 2.45) is 7.05 Å². The van der Waals surface area contributed by atoms with Gasteiger partial charge in [-0.25, -0.2) is 4.79 Å². The number of rotatable bonds is 6. The molecule has 0 unspecified atom stereocenters. The molecule has 0 aliphatic carbocycles. The van der Waals surface area contributed by atoms with Gasteiger partial charge in [0.2, 0.25) is 0 Å². The monoisotopic (exact) mass is 410 g/mol. The predicted molar refractivity (Wildman–Crippen MR) is 107 cm³/mol. The molecule has 0 aliphatic rings. The van der Waals surface area contributed by atoms with Crippen LogP contribution >= 0.6 is 0 Å². The highest BCUT2D eigenvalue weighted by atomic mass is 16.6. The molecular weight excluding hydrogens is 392 g/mol. The van der Waals surface area contributed by atoms with Gasteiger partial charge >= 0.3 is 5.97 Å². The van der Waals surface area contributed by atoms with Crippen molar-refractivity contribution in [1.82, 2.24) is 9.78 Å². The number of amides is 1. The van der Waals surface area contributed by atoms with Gasteiger partial charge in [0, 0.05) is 25.4 Å². The SMILES string of the molecule is Cc1ccc(C)c(Oc2cc(NC(=O)c3cn(C)nc3C(=O)O)cc([N+](=O)[O-])c2)c1. The Morgan fingerprint density at radius 1 is 1.20 bits per heavy atom. The molecule has 0 saturated carbocycles. The lowest BCUT2D eigenvalue weighted by Crippen LogP contribution is -2.15. The van der Waals surface area contributed by atoms with Crippen LogP contribution < -0.4 is 10.1 Å². The van der Waals surface area contributed by atoms with Gasteiger partial charge in [0.1, 0.15) is 11.5 Å². The lowest BCUT2D eigenvalue weighted by Gasteiger charge is -2.11. The summed E-state index contributed by atoms with van der Waals surface area (Å²) in [7, 11) is 1.48. The van der Waals surface area contributed by atoms with E-state index < -0.39 is 22.5 Å². The fourth-order valence-electron chi connectivity index (χ4n) is 2.78. The van der Waals surface area contributed by atoms with Crippen LogP contribution in [0.2, 0.25) is 0 Å². The van der Waals surface area contributed by atoms with E-state index in [9.17, 15) is 24.8 Å². The fourth-order valence-corrected chi connectivity index (χ4v) is 2.78. The number of aromatic nitrogens is 2. The Labute approximate surface area is 170 Å². The number of nitro benzene ring substituents is 1. The number of hydrogen-bond donors (Lipinski definition) is 2. The maximum atomic E-state index is 12.6. The van der Waals surface area contributed by atoms with Crippen molar-refractivity contribution in [3.8, 4) is 11.5 Å². The highest BCUT2D eigenvalue weighted by Gasteiger charge is 2.22. The molecule has 0 spiro atoms. The molecule has 10 heteroatoms. The molecule has 0 fully saturated rings. The molecule has 2 aromatic carbocycles. The van der Waals surface area contributed by atoms with Gasteiger partial charge in [-0.3, -0.25) is 19.6 Å². The number of nitrogens with one attached hydrogen (secondary N) is 1. The van der Waals surface area contributed by atoms with Gasteiger partial charge in [-0.1, -0.05) is 12.1 Å². The van der Waals surface area contributed by atoms with Crippen LogP contribution in [0.1, 0.15) is 32.0 Å². The van der Waals surface area contributed by atoms with E-state index in [1.54, 1.807) is 6.07 Å². The van der Waals surface area contributed by atoms with E-state index >= 15 is 0 Å². The van der Waals surface area contributed by atoms with E-state index in [0.717, 1.165) is 17.2 Å². The number of carboxylic acids is 1. The highest BCUT2D eigenvalue weighted by Crippen LogP contribution is 2.32. The number of aromatic carboxylic acids is 1. The lowest BCUT2D eigenvalue weighted by atomic mass is 10.1. The zero-order chi connectivity index (χ0) is 22.0. The summed E-state index contributed by atoms with van der Waals surface area (Å²) in [6.07, 6.45) is 1.25. The minimum absolute atomic E-state index is 0.0784. The van der Waals surface area contributed by atoms with Gasteiger partial charge in [0.05, 0.1) is 22.2 Å². The summed E-state index contributed by atoms with van der Waals surface area (Å²) < 4.78 is 7.00. The van der Waals surface area contributed by atoms with Crippen molar-refractivity contribution in [2.75, 3.05) is 5.32 Å². The van der Waals surface area contributed by atoms with Crippen LogP contribution in [-0.2, 0) is 7.05 Å². The number of hydrogen-bond acceptors (Lipinski definition) is 6. The van der Waals surface area contributed by atoms with Gasteiger partial charge in [-0.15, -0.1) is 0 Å². The molecule has 1 heterocycles. The van der Waals surface area contributed by atoms with Gasteiger partial charge in [0.25, 0.3) is 11.6 Å². The van der Waals surface area contributed by atoms with Gasteiger partial charge in [-0.05, 0) is 31.0 Å². The van der Waals surface area contributed by atoms with Crippen molar-refractivity contribution < 1.29 is 24.4 Å². The topological polar surface area (TPSA) is 137 Å². The number of benzene rings is 2. The van der Waals surface area contributed by atoms with E-state index in [4.69, 9.17) is 4.74 Å². The first kappa shape index (κ1) is 20.5. The van der Waals surface area contributed by atoms with E-state index in [2.05, 4.69) is 10.4 Å². The lowest BCUT2D eigenvalue weighted by molar-refractivity contribution is -0.384. The quantitative estimate of drug-likeness (QED) is 0.467. The molecule has 30 heavy (non-hydrogen) atoms. The van der Waals surface area contributed by atoms with Crippen molar-refractivity contribution in [1.29, 1.82) is 0 Å². The van der Waals surface area contributed by atoms with E-state index in [-0.39, 0.29) is 22.7 Å². The van der Waals surface area contributed by atoms with Crippen LogP contribution in [-0.4, -0.2) is 31.7 Å². The first-order valence-corrected chi connectivity index (χ1v) is 8.77. The number of nitro groups is 1. The van der Waals surface area contributed by atoms with E-state index in [1.807, 2.05) is 26.0 Å². The summed E-state index contributed by atoms with van der Waals surface area (Å²) >= 11 is 0. The summed E-state index contributed by atoms with van der Waals surface area (Å²) in [5, 5.41) is 26.7. The minimum Gasteiger partial charge on any atom is -0.476 e. The molecule has 1 amide bonds. The van der Waals surface area contributed by atoms with Crippen LogP contribution in [0, 0.1) is 24.0 Å². The molecule has 0 aliphatic heterocycles. The Morgan fingerprint density at radius 3 is 2.60 bits per heavy atom. The Bertz CT molecular complexity index is 1170. The minimum atomic E-state index is -1.36. The van der Waals surface area contributed by atoms with E-state index in [0.29, 0.717) is 5.75 Å². The van der Waals surface area contributed by atoms with Gasteiger partial charge in [-0.2, -0.15) is 5.10 Å². The van der Waals surface area contributed by atoms with Gasteiger partial charge in [0.15, 0.2) is 5.69 Å². The molecule has 0 bridgehead atoms. The molecule has 3 aromatic rings. The smallest absolute Gasteiger partial charge is 0.357 e. The molecule has 2 N–H and O–H groups in total. The number of anilines is 1. The largest absolute Gasteiger partial charge is 0.476 e. The first-order chi connectivity index (χ1) is 14.1. The molecule has 3 rings (SSSR count). The zero-order valence-electron chi connectivity index (χ0n) is 16.4. The third kappa shape index (κ3) is 4.43. The maximum Gasteiger partial charge on any atom is 0.357 e. The summed E-state index contributed by atoms with van der Waals surface area (Å²) in [6.45, 7) is 3.73. The van der Waals surface area contributed by atoms with Crippen molar-refractivity contribution in [3.05, 3.63) is 75.1 Å². The van der Waals surface area contributed by atoms with Crippen molar-refractivity contribution in [3.63, 3.8) is 0 Å². The Kier molecular flexibility index (Phi) is 5.50. The molecule has 10 nitrogen and oxygen atoms in total. The zero-order valence-corrected chi connectivity index (χ0v) is 16.4. The Morgan fingerprint density at radius 2 is 1.93 bits per heavy atom. The van der Waals surface area contributed by atoms with Crippen molar-refractivity contribution >= 4 is 23.3 Å². The summed E-state index contributed by atoms with van der Waals surface area (Å²) in [5.74, 6) is -1.46. The number of carboxylic acid groups (broad SMARTS) is 1. The Balaban J connectivity index is 1.95. The third-order valence-electron chi connectivity index (χ3n) is 4.21. The average molecular weight is 410 g/mol. The second kappa shape index (κ2) is 8.03. The molecule has 0 atom stereocenters. The van der Waals surface area contributed by atoms with Crippen LogP contribution in [0.15, 0.2) is 42.6 Å². The fraction of sp³-hybridized carbons (Fsp3) is 0.150. The van der Waals surface area contributed by atoms with Crippen LogP contribution in [0.25, 0.3) is 0 Å². The van der Waals surface area contributed by atoms with E-state index in [1.165, 1.54) is 30.1 Å². The number of carbonyl (C=O) groups is 2. The number of ether oxygens (including phenoxy) is 1. The third-order valence-corrected chi connectivity index (χ3v) is 4.21. The van der Waals surface area contributed by atoms with Crippen LogP contribution in [0.3, 0.4) is 0 Å². The highest BCUT2D eigenvalue weighted by molar-refractivity contribution is 6.10. The molecule has 0 saturated heterocycles. The number of nitrogens with zero attached hydrogens (tertiary/aromatic N) is 3. The van der Waals surface area contributed by atoms with Gasteiger partial charge < -0.3 is 15.2 Å². The average Bonchev–Trinajstić information content (AvgIpc) is 3.07. The summed E-state index contributed by atoms with van der Waals surface area (Å²) in [5.41, 5.74) is 0.972. The van der Waals surface area contributed by atoms with Crippen molar-refractivity contribution in [2.45, 2.75) is 13.8 Å². The summed E-state index contributed by atoms with van der Waals surface area (Å²) in [4.78, 5) is 34.6. The number of non-ortho nitro benzene ring substituents is 1. The van der Waals surface area contributed by atoms with Crippen LogP contribution in [0.4, 0.5) is 11.4 Å². The number of aryl methyl sites for hydroxylation is 3. The molecule has 0 radical (unpaired) electrons. The number of carbonyl (C=O) groups excluding carboxylic acids is 1. The second-order valence-electron chi connectivity index (χ2n) is 6.67. The maximum absolute atomic E-state index is 12.6. The normalized spacial score (nSPS) is 10.5. The first-order valence-electron chi connectivity index (χ1n) is 8.77. The Hall–Kier alpha value is -4.21. The molecule has 154 valence electrons. The summed E-state index contributed by atoms with van der Waals surface area (Å²) in [6, 6.07) is 9.38. The molecular formula is C20H18N4O6. The van der Waals surface area contributed by atoms with Crippen LogP contribution in [0.5, 0.6) is 11.5 Å². The second-order valence-corrected chi connectivity index (χ2v) is 6.67.